The molecule has 0 N–H and O–H groups in total. The largest absolute Gasteiger partial charge is 0.331 e. The van der Waals surface area contributed by atoms with Crippen LogP contribution in [0, 0.1) is 0 Å². The molecule has 0 saturated carbocycles. The quantitative estimate of drug-likeness (QED) is 0.683. The molecule has 0 fully saturated rings. The van der Waals surface area contributed by atoms with E-state index in [0.717, 1.165) is 6.26 Å². The molecule has 0 aliphatic rings. The third-order valence-corrected chi connectivity index (χ3v) is 2.94. The van der Waals surface area contributed by atoms with E-state index in [2.05, 4.69) is 9.97 Å². The molecule has 5 nitrogen and oxygen atoms in total. The van der Waals surface area contributed by atoms with Crippen molar-refractivity contribution in [3.8, 4) is 0 Å². The van der Waals surface area contributed by atoms with Gasteiger partial charge in [0.2, 0.25) is 0 Å². The Morgan fingerprint density at radius 3 is 2.71 bits per heavy atom. The topological polar surface area (TPSA) is 64.8 Å². The molecule has 0 saturated heterocycles. The first-order chi connectivity index (χ1) is 6.50. The van der Waals surface area contributed by atoms with Crippen molar-refractivity contribution in [3.05, 3.63) is 18.6 Å². The molecule has 0 aliphatic heterocycles. The molecule has 74 valence electrons. The van der Waals surface area contributed by atoms with Crippen LogP contribution in [0.3, 0.4) is 0 Å². The van der Waals surface area contributed by atoms with Gasteiger partial charge in [-0.05, 0) is 6.07 Å². The predicted molar refractivity (Wildman–Crippen MR) is 51.6 cm³/mol. The number of fused-ring (bicyclic) bond motifs is 1. The molecular weight excluding hydrogens is 202 g/mol. The SMILES string of the molecule is Cn1cnc2ccnc(S(C)(=O)=O)c21. The standard InChI is InChI=1S/C8H9N3O2S/c1-11-5-10-6-3-4-9-8(7(6)11)14(2,12)13/h3-5H,1-2H3. The van der Waals surface area contributed by atoms with Crippen LogP contribution in [0.1, 0.15) is 0 Å². The molecule has 2 rings (SSSR count). The van der Waals surface area contributed by atoms with Crippen LogP contribution in [0.2, 0.25) is 0 Å². The fourth-order valence-electron chi connectivity index (χ4n) is 1.34. The van der Waals surface area contributed by atoms with Crippen molar-refractivity contribution < 1.29 is 8.42 Å². The lowest BCUT2D eigenvalue weighted by Gasteiger charge is -2.00. The van der Waals surface area contributed by atoms with Crippen LogP contribution in [0.25, 0.3) is 11.0 Å². The first-order valence-corrected chi connectivity index (χ1v) is 5.85. The van der Waals surface area contributed by atoms with Crippen molar-refractivity contribution in [2.75, 3.05) is 6.26 Å². The van der Waals surface area contributed by atoms with E-state index in [-0.39, 0.29) is 5.03 Å². The van der Waals surface area contributed by atoms with Gasteiger partial charge in [0.05, 0.1) is 11.8 Å². The van der Waals surface area contributed by atoms with Gasteiger partial charge in [0, 0.05) is 19.5 Å². The predicted octanol–water partition coefficient (Wildman–Crippen LogP) is 0.372. The Morgan fingerprint density at radius 2 is 2.07 bits per heavy atom. The minimum Gasteiger partial charge on any atom is -0.331 e. The number of rotatable bonds is 1. The van der Waals surface area contributed by atoms with E-state index in [4.69, 9.17) is 0 Å². The summed E-state index contributed by atoms with van der Waals surface area (Å²) >= 11 is 0. The maximum atomic E-state index is 11.4. The molecule has 0 atom stereocenters. The normalized spacial score (nSPS) is 12.1. The Balaban J connectivity index is 2.96. The summed E-state index contributed by atoms with van der Waals surface area (Å²) in [7, 11) is -1.55. The Hall–Kier alpha value is -1.43. The Kier molecular flexibility index (Phi) is 1.81. The minimum atomic E-state index is -3.29. The molecule has 14 heavy (non-hydrogen) atoms. The third-order valence-electron chi connectivity index (χ3n) is 1.94. The summed E-state index contributed by atoms with van der Waals surface area (Å²) in [6.07, 6.45) is 4.16. The minimum absolute atomic E-state index is 0.0787. The lowest BCUT2D eigenvalue weighted by atomic mass is 10.4. The molecule has 0 radical (unpaired) electrons. The first kappa shape index (κ1) is 9.14. The van der Waals surface area contributed by atoms with E-state index in [9.17, 15) is 8.42 Å². The van der Waals surface area contributed by atoms with E-state index in [1.165, 1.54) is 6.20 Å². The molecular formula is C8H9N3O2S. The van der Waals surface area contributed by atoms with Crippen LogP contribution in [0.5, 0.6) is 0 Å². The molecule has 0 bridgehead atoms. The van der Waals surface area contributed by atoms with E-state index in [1.807, 2.05) is 0 Å². The van der Waals surface area contributed by atoms with Gasteiger partial charge in [0.25, 0.3) is 0 Å². The van der Waals surface area contributed by atoms with Crippen LogP contribution < -0.4 is 0 Å². The number of imidazole rings is 1. The highest BCUT2D eigenvalue weighted by Gasteiger charge is 2.15. The van der Waals surface area contributed by atoms with Crippen LogP contribution in [-0.2, 0) is 16.9 Å². The zero-order chi connectivity index (χ0) is 10.3. The van der Waals surface area contributed by atoms with Gasteiger partial charge in [0.15, 0.2) is 14.9 Å². The summed E-state index contributed by atoms with van der Waals surface area (Å²) < 4.78 is 24.4. The molecule has 2 aromatic rings. The van der Waals surface area contributed by atoms with Gasteiger partial charge >= 0.3 is 0 Å². The third kappa shape index (κ3) is 1.27. The van der Waals surface area contributed by atoms with Crippen LogP contribution >= 0.6 is 0 Å². The molecule has 2 aromatic heterocycles. The van der Waals surface area contributed by atoms with Crippen molar-refractivity contribution in [2.24, 2.45) is 7.05 Å². The Morgan fingerprint density at radius 1 is 1.36 bits per heavy atom. The maximum absolute atomic E-state index is 11.4. The second kappa shape index (κ2) is 2.78. The summed E-state index contributed by atoms with van der Waals surface area (Å²) in [5, 5.41) is 0.0787. The van der Waals surface area contributed by atoms with Gasteiger partial charge in [-0.25, -0.2) is 18.4 Å². The van der Waals surface area contributed by atoms with Gasteiger partial charge in [-0.2, -0.15) is 0 Å². The summed E-state index contributed by atoms with van der Waals surface area (Å²) in [4.78, 5) is 7.91. The zero-order valence-corrected chi connectivity index (χ0v) is 8.61. The zero-order valence-electron chi connectivity index (χ0n) is 7.80. The smallest absolute Gasteiger partial charge is 0.194 e. The first-order valence-electron chi connectivity index (χ1n) is 3.96. The average molecular weight is 211 g/mol. The number of sulfone groups is 1. The highest BCUT2D eigenvalue weighted by molar-refractivity contribution is 7.90. The number of pyridine rings is 1. The van der Waals surface area contributed by atoms with Crippen LogP contribution in [0.15, 0.2) is 23.6 Å². The maximum Gasteiger partial charge on any atom is 0.194 e. The molecule has 6 heteroatoms. The molecule has 0 spiro atoms. The summed E-state index contributed by atoms with van der Waals surface area (Å²) in [6.45, 7) is 0. The monoisotopic (exact) mass is 211 g/mol. The molecule has 0 amide bonds. The molecule has 0 unspecified atom stereocenters. The highest BCUT2D eigenvalue weighted by Crippen LogP contribution is 2.18. The fraction of sp³-hybridized carbons (Fsp3) is 0.250. The summed E-state index contributed by atoms with van der Waals surface area (Å²) in [5.41, 5.74) is 1.19. The van der Waals surface area contributed by atoms with Crippen molar-refractivity contribution in [2.45, 2.75) is 5.03 Å². The number of hydrogen-bond donors (Lipinski definition) is 0. The molecule has 0 aliphatic carbocycles. The second-order valence-corrected chi connectivity index (χ2v) is 5.04. The highest BCUT2D eigenvalue weighted by atomic mass is 32.2. The number of nitrogens with zero attached hydrogens (tertiary/aromatic N) is 3. The van der Waals surface area contributed by atoms with Crippen molar-refractivity contribution in [3.63, 3.8) is 0 Å². The van der Waals surface area contributed by atoms with Crippen molar-refractivity contribution in [1.29, 1.82) is 0 Å². The van der Waals surface area contributed by atoms with Crippen LogP contribution in [-0.4, -0.2) is 29.2 Å². The van der Waals surface area contributed by atoms with Gasteiger partial charge in [-0.15, -0.1) is 0 Å². The lowest BCUT2D eigenvalue weighted by Crippen LogP contribution is -2.03. The molecule has 0 aromatic carbocycles. The van der Waals surface area contributed by atoms with Gasteiger partial charge in [-0.1, -0.05) is 0 Å². The van der Waals surface area contributed by atoms with Crippen molar-refractivity contribution in [1.82, 2.24) is 14.5 Å². The molecule has 2 heterocycles. The Bertz CT molecular complexity index is 586. The Labute approximate surface area is 81.3 Å². The number of aromatic nitrogens is 3. The van der Waals surface area contributed by atoms with E-state index in [0.29, 0.717) is 11.0 Å². The second-order valence-electron chi connectivity index (χ2n) is 3.11. The van der Waals surface area contributed by atoms with Crippen molar-refractivity contribution >= 4 is 20.9 Å². The van der Waals surface area contributed by atoms with E-state index < -0.39 is 9.84 Å². The summed E-state index contributed by atoms with van der Waals surface area (Å²) in [6, 6.07) is 1.68. The average Bonchev–Trinajstić information content (AvgIpc) is 2.46. The van der Waals surface area contributed by atoms with Gasteiger partial charge < -0.3 is 4.57 Å². The summed E-state index contributed by atoms with van der Waals surface area (Å²) in [5.74, 6) is 0. The fourth-order valence-corrected chi connectivity index (χ4v) is 2.19. The van der Waals surface area contributed by atoms with Crippen LogP contribution in [0.4, 0.5) is 0 Å². The lowest BCUT2D eigenvalue weighted by molar-refractivity contribution is 0.599. The number of hydrogen-bond acceptors (Lipinski definition) is 4. The number of aryl methyl sites for hydroxylation is 1. The van der Waals surface area contributed by atoms with Gasteiger partial charge in [-0.3, -0.25) is 0 Å². The van der Waals surface area contributed by atoms with E-state index in [1.54, 1.807) is 24.0 Å². The van der Waals surface area contributed by atoms with Gasteiger partial charge in [0.1, 0.15) is 5.52 Å². The van der Waals surface area contributed by atoms with E-state index >= 15 is 0 Å².